The van der Waals surface area contributed by atoms with Crippen molar-refractivity contribution in [2.75, 3.05) is 11.6 Å². The molecule has 2 rings (SSSR count). The Hall–Kier alpha value is -2.15. The number of sulfone groups is 1. The van der Waals surface area contributed by atoms with Gasteiger partial charge in [0, 0.05) is 18.9 Å². The first-order valence-corrected chi connectivity index (χ1v) is 7.62. The van der Waals surface area contributed by atoms with E-state index in [0.29, 0.717) is 11.3 Å². The predicted molar refractivity (Wildman–Crippen MR) is 72.7 cm³/mol. The summed E-state index contributed by atoms with van der Waals surface area (Å²) in [5.41, 5.74) is 1.16. The Morgan fingerprint density at radius 2 is 2.05 bits per heavy atom. The van der Waals surface area contributed by atoms with E-state index in [-0.39, 0.29) is 17.3 Å². The Bertz CT molecular complexity index is 695. The summed E-state index contributed by atoms with van der Waals surface area (Å²) in [6, 6.07) is 6.72. The van der Waals surface area contributed by atoms with Gasteiger partial charge in [-0.25, -0.2) is 17.8 Å². The molecule has 0 aliphatic carbocycles. The second-order valence-corrected chi connectivity index (χ2v) is 6.29. The van der Waals surface area contributed by atoms with Crippen LogP contribution in [0.15, 0.2) is 41.6 Å². The van der Waals surface area contributed by atoms with Gasteiger partial charge in [-0.2, -0.15) is 0 Å². The fourth-order valence-corrected chi connectivity index (χ4v) is 2.20. The van der Waals surface area contributed by atoms with Crippen LogP contribution in [0.2, 0.25) is 0 Å². The van der Waals surface area contributed by atoms with Gasteiger partial charge in [-0.15, -0.1) is 0 Å². The lowest BCUT2D eigenvalue weighted by atomic mass is 10.2. The second-order valence-electron chi connectivity index (χ2n) is 4.33. The third-order valence-electron chi connectivity index (χ3n) is 2.56. The van der Waals surface area contributed by atoms with Crippen LogP contribution in [-0.2, 0) is 16.4 Å². The maximum atomic E-state index is 13.1. The number of pyridine rings is 1. The number of nitrogens with zero attached hydrogens (tertiary/aromatic N) is 1. The Morgan fingerprint density at radius 1 is 1.30 bits per heavy atom. The Balaban J connectivity index is 2.07. The summed E-state index contributed by atoms with van der Waals surface area (Å²) >= 11 is 0. The van der Waals surface area contributed by atoms with E-state index in [0.717, 1.165) is 12.3 Å². The Morgan fingerprint density at radius 3 is 2.60 bits per heavy atom. The molecule has 0 spiro atoms. The van der Waals surface area contributed by atoms with Crippen LogP contribution in [0.4, 0.5) is 10.1 Å². The molecule has 2 aromatic rings. The molecule has 0 aliphatic heterocycles. The number of benzene rings is 1. The van der Waals surface area contributed by atoms with Gasteiger partial charge in [-0.05, 0) is 29.8 Å². The van der Waals surface area contributed by atoms with Gasteiger partial charge >= 0.3 is 0 Å². The molecule has 7 heteroatoms. The highest BCUT2D eigenvalue weighted by Gasteiger charge is 2.08. The number of anilines is 1. The van der Waals surface area contributed by atoms with Crippen LogP contribution in [-0.4, -0.2) is 24.8 Å². The van der Waals surface area contributed by atoms with Gasteiger partial charge in [-0.1, -0.05) is 0 Å². The summed E-state index contributed by atoms with van der Waals surface area (Å²) in [5.74, 6) is -0.667. The normalized spacial score (nSPS) is 11.3. The first-order valence-electron chi connectivity index (χ1n) is 5.73. The summed E-state index contributed by atoms with van der Waals surface area (Å²) in [5, 5.41) is 12.2. The fourth-order valence-electron chi connectivity index (χ4n) is 1.64. The standard InChI is InChI=1S/C13H13FN2O3S/c1-20(18,19)13-3-2-11(8-16-13)15-7-9-4-10(14)6-12(17)5-9/h2-6,8,15,17H,7H2,1H3. The summed E-state index contributed by atoms with van der Waals surface area (Å²) in [6.07, 6.45) is 2.47. The largest absolute Gasteiger partial charge is 0.508 e. The highest BCUT2D eigenvalue weighted by molar-refractivity contribution is 7.90. The number of hydrogen-bond acceptors (Lipinski definition) is 5. The molecule has 1 aromatic carbocycles. The lowest BCUT2D eigenvalue weighted by molar-refractivity contribution is 0.468. The van der Waals surface area contributed by atoms with Crippen molar-refractivity contribution in [3.8, 4) is 5.75 Å². The van der Waals surface area contributed by atoms with E-state index in [2.05, 4.69) is 10.3 Å². The van der Waals surface area contributed by atoms with Crippen molar-refractivity contribution in [1.29, 1.82) is 0 Å². The molecule has 0 unspecified atom stereocenters. The Labute approximate surface area is 116 Å². The van der Waals surface area contributed by atoms with E-state index >= 15 is 0 Å². The van der Waals surface area contributed by atoms with E-state index in [1.165, 1.54) is 24.4 Å². The number of aromatic hydroxyl groups is 1. The van der Waals surface area contributed by atoms with Crippen molar-refractivity contribution in [3.05, 3.63) is 47.9 Å². The lowest BCUT2D eigenvalue weighted by Crippen LogP contribution is -2.03. The number of rotatable bonds is 4. The number of phenols is 1. The van der Waals surface area contributed by atoms with Gasteiger partial charge in [0.1, 0.15) is 11.6 Å². The Kier molecular flexibility index (Phi) is 3.89. The van der Waals surface area contributed by atoms with Crippen LogP contribution in [0.1, 0.15) is 5.56 Å². The van der Waals surface area contributed by atoms with Gasteiger partial charge in [0.25, 0.3) is 0 Å². The third-order valence-corrected chi connectivity index (χ3v) is 3.56. The van der Waals surface area contributed by atoms with Gasteiger partial charge in [0.05, 0.1) is 11.9 Å². The van der Waals surface area contributed by atoms with E-state index in [1.54, 1.807) is 6.07 Å². The van der Waals surface area contributed by atoms with Crippen LogP contribution in [0.3, 0.4) is 0 Å². The quantitative estimate of drug-likeness (QED) is 0.901. The molecule has 0 atom stereocenters. The van der Waals surface area contributed by atoms with Gasteiger partial charge < -0.3 is 10.4 Å². The van der Waals surface area contributed by atoms with Crippen LogP contribution in [0, 0.1) is 5.82 Å². The number of hydrogen-bond donors (Lipinski definition) is 2. The number of nitrogens with one attached hydrogen (secondary N) is 1. The second kappa shape index (κ2) is 5.46. The maximum absolute atomic E-state index is 13.1. The molecule has 1 heterocycles. The van der Waals surface area contributed by atoms with Gasteiger partial charge in [-0.3, -0.25) is 0 Å². The highest BCUT2D eigenvalue weighted by atomic mass is 32.2. The predicted octanol–water partition coefficient (Wildman–Crippen LogP) is 1.94. The first kappa shape index (κ1) is 14.3. The number of halogens is 1. The average Bonchev–Trinajstić information content (AvgIpc) is 2.35. The van der Waals surface area contributed by atoms with E-state index in [4.69, 9.17) is 0 Å². The molecule has 106 valence electrons. The summed E-state index contributed by atoms with van der Waals surface area (Å²) in [4.78, 5) is 3.82. The highest BCUT2D eigenvalue weighted by Crippen LogP contribution is 2.16. The van der Waals surface area contributed by atoms with Crippen molar-refractivity contribution >= 4 is 15.5 Å². The fraction of sp³-hybridized carbons (Fsp3) is 0.154. The smallest absolute Gasteiger partial charge is 0.192 e. The van der Waals surface area contributed by atoms with E-state index < -0.39 is 15.7 Å². The molecule has 0 saturated heterocycles. The zero-order valence-corrected chi connectivity index (χ0v) is 11.5. The molecule has 1 aromatic heterocycles. The lowest BCUT2D eigenvalue weighted by Gasteiger charge is -2.07. The zero-order valence-electron chi connectivity index (χ0n) is 10.7. The summed E-state index contributed by atoms with van der Waals surface area (Å²) in [6.45, 7) is 0.283. The molecule has 0 bridgehead atoms. The van der Waals surface area contributed by atoms with Gasteiger partial charge in [0.2, 0.25) is 0 Å². The van der Waals surface area contributed by atoms with Crippen molar-refractivity contribution in [1.82, 2.24) is 4.98 Å². The minimum absolute atomic E-state index is 0.00792. The minimum atomic E-state index is -3.32. The first-order chi connectivity index (χ1) is 9.34. The molecule has 0 amide bonds. The SMILES string of the molecule is CS(=O)(=O)c1ccc(NCc2cc(O)cc(F)c2)cn1. The molecule has 2 N–H and O–H groups in total. The molecule has 5 nitrogen and oxygen atoms in total. The molecular formula is C13H13FN2O3S. The third kappa shape index (κ3) is 3.67. The van der Waals surface area contributed by atoms with Crippen molar-refractivity contribution in [2.45, 2.75) is 11.6 Å². The average molecular weight is 296 g/mol. The molecule has 0 radical (unpaired) electrons. The van der Waals surface area contributed by atoms with Gasteiger partial charge in [0.15, 0.2) is 14.9 Å². The molecule has 20 heavy (non-hydrogen) atoms. The summed E-state index contributed by atoms with van der Waals surface area (Å²) < 4.78 is 35.6. The van der Waals surface area contributed by atoms with Crippen molar-refractivity contribution < 1.29 is 17.9 Å². The minimum Gasteiger partial charge on any atom is -0.508 e. The number of phenolic OH excluding ortho intramolecular Hbond substituents is 1. The molecule has 0 aliphatic rings. The monoisotopic (exact) mass is 296 g/mol. The van der Waals surface area contributed by atoms with Crippen LogP contribution in [0.5, 0.6) is 5.75 Å². The van der Waals surface area contributed by atoms with Crippen molar-refractivity contribution in [3.63, 3.8) is 0 Å². The maximum Gasteiger partial charge on any atom is 0.192 e. The van der Waals surface area contributed by atoms with Crippen LogP contribution >= 0.6 is 0 Å². The molecular weight excluding hydrogens is 283 g/mol. The van der Waals surface area contributed by atoms with Crippen molar-refractivity contribution in [2.24, 2.45) is 0 Å². The zero-order chi connectivity index (χ0) is 14.8. The summed E-state index contributed by atoms with van der Waals surface area (Å²) in [7, 11) is -3.32. The topological polar surface area (TPSA) is 79.3 Å². The molecule has 0 saturated carbocycles. The number of aromatic nitrogens is 1. The van der Waals surface area contributed by atoms with E-state index in [1.807, 2.05) is 0 Å². The molecule has 0 fully saturated rings. The van der Waals surface area contributed by atoms with Crippen LogP contribution in [0.25, 0.3) is 0 Å². The van der Waals surface area contributed by atoms with Crippen LogP contribution < -0.4 is 5.32 Å². The van der Waals surface area contributed by atoms with E-state index in [9.17, 15) is 17.9 Å².